The van der Waals surface area contributed by atoms with Gasteiger partial charge in [0.1, 0.15) is 17.3 Å². The SMILES string of the molecule is Cn1c(-c2ccc(Oc3ccc(OC(F)(F)F)c(Cl)c3)c(F)c2)nc2c1c(=O)[nH]c(=O)n2CC(O)C(F)(F)F. The average molecular weight is 583 g/mol. The van der Waals surface area contributed by atoms with Gasteiger partial charge < -0.3 is 19.1 Å². The highest BCUT2D eigenvalue weighted by atomic mass is 35.5. The number of nitrogens with zero attached hydrogens (tertiary/aromatic N) is 3. The van der Waals surface area contributed by atoms with Crippen LogP contribution in [0, 0.1) is 5.82 Å². The maximum absolute atomic E-state index is 14.9. The Labute approximate surface area is 216 Å². The van der Waals surface area contributed by atoms with Gasteiger partial charge in [0.2, 0.25) is 0 Å². The summed E-state index contributed by atoms with van der Waals surface area (Å²) >= 11 is 5.76. The van der Waals surface area contributed by atoms with Gasteiger partial charge in [0.05, 0.1) is 11.6 Å². The number of rotatable bonds is 6. The number of fused-ring (bicyclic) bond motifs is 1. The molecule has 4 rings (SSSR count). The topological polar surface area (TPSA) is 111 Å². The van der Waals surface area contributed by atoms with E-state index in [-0.39, 0.29) is 28.4 Å². The minimum absolute atomic E-state index is 0.0141. The van der Waals surface area contributed by atoms with Crippen LogP contribution >= 0.6 is 11.6 Å². The molecule has 4 aromatic rings. The van der Waals surface area contributed by atoms with E-state index in [0.717, 1.165) is 34.9 Å². The number of aliphatic hydroxyl groups excluding tert-OH is 1. The lowest BCUT2D eigenvalue weighted by Crippen LogP contribution is -2.39. The van der Waals surface area contributed by atoms with Crippen molar-refractivity contribution >= 4 is 22.8 Å². The maximum Gasteiger partial charge on any atom is 0.573 e. The monoisotopic (exact) mass is 582 g/mol. The molecule has 0 spiro atoms. The smallest absolute Gasteiger partial charge is 0.454 e. The Hall–Kier alpha value is -4.05. The molecule has 2 aromatic heterocycles. The zero-order valence-electron chi connectivity index (χ0n) is 19.2. The molecule has 0 aliphatic rings. The van der Waals surface area contributed by atoms with Crippen molar-refractivity contribution in [1.29, 1.82) is 0 Å². The lowest BCUT2D eigenvalue weighted by atomic mass is 10.2. The molecule has 208 valence electrons. The number of aromatic amines is 1. The third-order valence-electron chi connectivity index (χ3n) is 5.29. The third-order valence-corrected chi connectivity index (χ3v) is 5.59. The Bertz CT molecular complexity index is 1680. The predicted octanol–water partition coefficient (Wildman–Crippen LogP) is 4.50. The van der Waals surface area contributed by atoms with E-state index in [1.165, 1.54) is 13.1 Å². The molecule has 0 fully saturated rings. The van der Waals surface area contributed by atoms with E-state index in [2.05, 4.69) is 9.72 Å². The van der Waals surface area contributed by atoms with Gasteiger partial charge in [0.15, 0.2) is 28.8 Å². The highest BCUT2D eigenvalue weighted by molar-refractivity contribution is 6.32. The number of H-pyrrole nitrogens is 1. The molecule has 0 radical (unpaired) electrons. The molecular weight excluding hydrogens is 569 g/mol. The van der Waals surface area contributed by atoms with Gasteiger partial charge in [-0.1, -0.05) is 11.6 Å². The van der Waals surface area contributed by atoms with Gasteiger partial charge in [0, 0.05) is 18.7 Å². The molecule has 0 aliphatic heterocycles. The summed E-state index contributed by atoms with van der Waals surface area (Å²) < 4.78 is 101. The Balaban J connectivity index is 1.69. The first-order valence-corrected chi connectivity index (χ1v) is 10.9. The van der Waals surface area contributed by atoms with E-state index >= 15 is 0 Å². The maximum atomic E-state index is 14.9. The summed E-state index contributed by atoms with van der Waals surface area (Å²) in [5.41, 5.74) is -3.03. The molecule has 0 amide bonds. The summed E-state index contributed by atoms with van der Waals surface area (Å²) in [5, 5.41) is 8.95. The Morgan fingerprint density at radius 2 is 1.74 bits per heavy atom. The van der Waals surface area contributed by atoms with Crippen molar-refractivity contribution in [1.82, 2.24) is 19.1 Å². The molecule has 39 heavy (non-hydrogen) atoms. The Morgan fingerprint density at radius 3 is 2.33 bits per heavy atom. The van der Waals surface area contributed by atoms with Crippen molar-refractivity contribution < 1.29 is 45.3 Å². The van der Waals surface area contributed by atoms with Gasteiger partial charge in [-0.3, -0.25) is 14.3 Å². The first kappa shape index (κ1) is 28.0. The summed E-state index contributed by atoms with van der Waals surface area (Å²) in [6.07, 6.45) is -13.0. The van der Waals surface area contributed by atoms with Crippen LogP contribution < -0.4 is 20.7 Å². The number of benzene rings is 2. The van der Waals surface area contributed by atoms with Crippen LogP contribution in [0.15, 0.2) is 46.0 Å². The summed E-state index contributed by atoms with van der Waals surface area (Å²) in [5.74, 6) is -2.35. The quantitative estimate of drug-likeness (QED) is 0.324. The number of nitrogens with one attached hydrogen (secondary N) is 1. The second-order valence-corrected chi connectivity index (χ2v) is 8.39. The predicted molar refractivity (Wildman–Crippen MR) is 121 cm³/mol. The fraction of sp³-hybridized carbons (Fsp3) is 0.227. The molecular formula is C22H14ClF7N4O5. The van der Waals surface area contributed by atoms with Crippen molar-refractivity contribution in [3.63, 3.8) is 0 Å². The molecule has 17 heteroatoms. The average Bonchev–Trinajstić information content (AvgIpc) is 3.15. The van der Waals surface area contributed by atoms with E-state index in [0.29, 0.717) is 4.57 Å². The zero-order valence-corrected chi connectivity index (χ0v) is 20.0. The first-order chi connectivity index (χ1) is 18.0. The van der Waals surface area contributed by atoms with Gasteiger partial charge in [-0.15, -0.1) is 13.2 Å². The summed E-state index contributed by atoms with van der Waals surface area (Å²) in [4.78, 5) is 30.4. The van der Waals surface area contributed by atoms with Gasteiger partial charge in [-0.25, -0.2) is 14.2 Å². The van der Waals surface area contributed by atoms with Gasteiger partial charge in [-0.05, 0) is 30.3 Å². The minimum Gasteiger partial charge on any atom is -0.454 e. The zero-order chi connectivity index (χ0) is 28.9. The van der Waals surface area contributed by atoms with Crippen LogP contribution in [-0.4, -0.2) is 42.9 Å². The molecule has 2 aromatic carbocycles. The molecule has 1 unspecified atom stereocenters. The van der Waals surface area contributed by atoms with Crippen LogP contribution in [0.2, 0.25) is 5.02 Å². The fourth-order valence-electron chi connectivity index (χ4n) is 3.55. The Kier molecular flexibility index (Phi) is 7.12. The highest BCUT2D eigenvalue weighted by Gasteiger charge is 2.39. The molecule has 2 N–H and O–H groups in total. The molecule has 0 saturated heterocycles. The van der Waals surface area contributed by atoms with Crippen LogP contribution in [0.3, 0.4) is 0 Å². The number of aryl methyl sites for hydroxylation is 1. The third kappa shape index (κ3) is 5.85. The van der Waals surface area contributed by atoms with Gasteiger partial charge in [-0.2, -0.15) is 13.2 Å². The number of aromatic nitrogens is 4. The first-order valence-electron chi connectivity index (χ1n) is 10.5. The van der Waals surface area contributed by atoms with E-state index in [9.17, 15) is 45.4 Å². The van der Waals surface area contributed by atoms with Gasteiger partial charge >= 0.3 is 18.2 Å². The summed E-state index contributed by atoms with van der Waals surface area (Å²) in [6.45, 7) is -1.26. The van der Waals surface area contributed by atoms with Gasteiger partial charge in [0.25, 0.3) is 5.56 Å². The van der Waals surface area contributed by atoms with Crippen molar-refractivity contribution in [2.45, 2.75) is 25.2 Å². The highest BCUT2D eigenvalue weighted by Crippen LogP contribution is 2.36. The second-order valence-electron chi connectivity index (χ2n) is 7.98. The fourth-order valence-corrected chi connectivity index (χ4v) is 3.76. The lowest BCUT2D eigenvalue weighted by molar-refractivity contribution is -0.274. The van der Waals surface area contributed by atoms with Crippen molar-refractivity contribution in [2.75, 3.05) is 0 Å². The van der Waals surface area contributed by atoms with E-state index < -0.39 is 58.7 Å². The summed E-state index contributed by atoms with van der Waals surface area (Å²) in [7, 11) is 1.30. The molecule has 9 nitrogen and oxygen atoms in total. The standard InChI is InChI=1S/C22H14ClF7N4O5/c1-33-16-18(34(20(37)32-19(16)36)8-15(35)21(25,26)27)31-17(33)9-2-4-14(12(24)6-9)38-10-3-5-13(11(23)7-10)39-22(28,29)30/h2-7,15,35H,8H2,1H3,(H,32,36,37). The lowest BCUT2D eigenvalue weighted by Gasteiger charge is -2.15. The van der Waals surface area contributed by atoms with Crippen LogP contribution in [0.5, 0.6) is 17.2 Å². The summed E-state index contributed by atoms with van der Waals surface area (Å²) in [6, 6.07) is 6.16. The van der Waals surface area contributed by atoms with E-state index in [1.54, 1.807) is 0 Å². The van der Waals surface area contributed by atoms with Crippen LogP contribution in [0.25, 0.3) is 22.6 Å². The molecule has 1 atom stereocenters. The van der Waals surface area contributed by atoms with E-state index in [1.807, 2.05) is 4.98 Å². The number of alkyl halides is 6. The number of hydrogen-bond donors (Lipinski definition) is 2. The number of hydrogen-bond acceptors (Lipinski definition) is 6. The molecule has 0 saturated carbocycles. The number of imidazole rings is 1. The number of ether oxygens (including phenoxy) is 2. The van der Waals surface area contributed by atoms with Crippen molar-refractivity contribution in [3.05, 3.63) is 68.1 Å². The van der Waals surface area contributed by atoms with Crippen LogP contribution in [-0.2, 0) is 13.6 Å². The van der Waals surface area contributed by atoms with E-state index in [4.69, 9.17) is 16.3 Å². The molecule has 2 heterocycles. The normalized spacial score (nSPS) is 13.1. The largest absolute Gasteiger partial charge is 0.573 e. The van der Waals surface area contributed by atoms with Crippen molar-refractivity contribution in [3.8, 4) is 28.6 Å². The van der Waals surface area contributed by atoms with Crippen LogP contribution in [0.4, 0.5) is 30.7 Å². The number of halogens is 8. The number of aliphatic hydroxyl groups is 1. The second kappa shape index (κ2) is 9.92. The van der Waals surface area contributed by atoms with Crippen LogP contribution in [0.1, 0.15) is 0 Å². The Morgan fingerprint density at radius 1 is 1.08 bits per heavy atom. The minimum atomic E-state index is -5.06. The molecule has 0 bridgehead atoms. The molecule has 0 aliphatic carbocycles. The van der Waals surface area contributed by atoms with Crippen molar-refractivity contribution in [2.24, 2.45) is 7.05 Å².